The van der Waals surface area contributed by atoms with Crippen LogP contribution in [0, 0.1) is 18.3 Å². The predicted octanol–water partition coefficient (Wildman–Crippen LogP) is 3.61. The van der Waals surface area contributed by atoms with E-state index in [1.165, 1.54) is 0 Å². The molecule has 0 unspecified atom stereocenters. The molecule has 0 radical (unpaired) electrons. The summed E-state index contributed by atoms with van der Waals surface area (Å²) in [5.41, 5.74) is 3.48. The molecule has 82 valence electrons. The number of nitrogens with zero attached hydrogens (tertiary/aromatic N) is 1. The van der Waals surface area contributed by atoms with Crippen molar-refractivity contribution in [1.29, 1.82) is 5.26 Å². The first-order valence-corrected chi connectivity index (χ1v) is 5.36. The second kappa shape index (κ2) is 3.53. The van der Waals surface area contributed by atoms with Crippen molar-refractivity contribution < 1.29 is 4.42 Å². The molecule has 0 aliphatic rings. The Kier molecular flexibility index (Phi) is 2.02. The maximum atomic E-state index is 9.28. The summed E-state index contributed by atoms with van der Waals surface area (Å²) in [6, 6.07) is 11.9. The zero-order chi connectivity index (χ0) is 11.8. The number of nitrogens with one attached hydrogen (secondary N) is 1. The van der Waals surface area contributed by atoms with E-state index in [0.29, 0.717) is 11.3 Å². The first-order chi connectivity index (χ1) is 8.29. The smallest absolute Gasteiger partial charge is 0.151 e. The molecular weight excluding hydrogens is 212 g/mol. The molecule has 0 fully saturated rings. The van der Waals surface area contributed by atoms with Gasteiger partial charge >= 0.3 is 0 Å². The monoisotopic (exact) mass is 222 g/mol. The highest BCUT2D eigenvalue weighted by atomic mass is 16.3. The fourth-order valence-corrected chi connectivity index (χ4v) is 2.03. The summed E-state index contributed by atoms with van der Waals surface area (Å²) in [6.07, 6.45) is 1.60. The molecule has 3 heteroatoms. The van der Waals surface area contributed by atoms with Crippen LogP contribution in [0.4, 0.5) is 0 Å². The number of rotatable bonds is 1. The molecule has 2 aromatic heterocycles. The van der Waals surface area contributed by atoms with Crippen LogP contribution < -0.4 is 0 Å². The van der Waals surface area contributed by atoms with E-state index in [1.54, 1.807) is 6.26 Å². The van der Waals surface area contributed by atoms with Gasteiger partial charge in [-0.05, 0) is 31.2 Å². The van der Waals surface area contributed by atoms with E-state index in [2.05, 4.69) is 11.1 Å². The lowest BCUT2D eigenvalue weighted by Crippen LogP contribution is -1.77. The van der Waals surface area contributed by atoms with Gasteiger partial charge in [-0.1, -0.05) is 11.6 Å². The highest BCUT2D eigenvalue weighted by Gasteiger charge is 2.14. The molecule has 0 spiro atoms. The first-order valence-electron chi connectivity index (χ1n) is 5.36. The highest BCUT2D eigenvalue weighted by molar-refractivity contribution is 5.93. The molecule has 3 rings (SSSR count). The first kappa shape index (κ1) is 9.73. The molecule has 3 aromatic rings. The lowest BCUT2D eigenvalue weighted by atomic mass is 10.1. The number of aryl methyl sites for hydroxylation is 1. The van der Waals surface area contributed by atoms with Crippen molar-refractivity contribution in [3.63, 3.8) is 0 Å². The third-order valence-electron chi connectivity index (χ3n) is 2.83. The number of benzene rings is 1. The Labute approximate surface area is 98.3 Å². The summed E-state index contributed by atoms with van der Waals surface area (Å²) in [7, 11) is 0. The number of nitriles is 1. The lowest BCUT2D eigenvalue weighted by molar-refractivity contribution is 0.580. The number of H-pyrrole nitrogens is 1. The molecule has 3 nitrogen and oxygen atoms in total. The van der Waals surface area contributed by atoms with Gasteiger partial charge in [-0.15, -0.1) is 0 Å². The van der Waals surface area contributed by atoms with Crippen LogP contribution in [0.2, 0.25) is 0 Å². The average Bonchev–Trinajstić information content (AvgIpc) is 2.94. The topological polar surface area (TPSA) is 52.7 Å². The fraction of sp³-hybridized carbons (Fsp3) is 0.0714. The summed E-state index contributed by atoms with van der Waals surface area (Å²) in [6.45, 7) is 2.01. The molecule has 2 heterocycles. The quantitative estimate of drug-likeness (QED) is 0.683. The van der Waals surface area contributed by atoms with Gasteiger partial charge in [-0.25, -0.2) is 0 Å². The second-order valence-corrected chi connectivity index (χ2v) is 4.01. The van der Waals surface area contributed by atoms with Crippen molar-refractivity contribution in [3.8, 4) is 17.5 Å². The van der Waals surface area contributed by atoms with E-state index in [0.717, 1.165) is 22.2 Å². The second-order valence-electron chi connectivity index (χ2n) is 4.01. The van der Waals surface area contributed by atoms with Crippen molar-refractivity contribution in [2.75, 3.05) is 0 Å². The van der Waals surface area contributed by atoms with Gasteiger partial charge in [-0.2, -0.15) is 5.26 Å². The summed E-state index contributed by atoms with van der Waals surface area (Å²) in [4.78, 5) is 3.23. The summed E-state index contributed by atoms with van der Waals surface area (Å²) in [5.74, 6) is 0.690. The van der Waals surface area contributed by atoms with Gasteiger partial charge < -0.3 is 9.40 Å². The van der Waals surface area contributed by atoms with Gasteiger partial charge in [0, 0.05) is 10.9 Å². The molecule has 0 saturated heterocycles. The SMILES string of the molecule is Cc1ccc2[nH]c(-c3ccco3)c(C#N)c2c1. The normalized spacial score (nSPS) is 10.6. The van der Waals surface area contributed by atoms with Crippen molar-refractivity contribution >= 4 is 10.9 Å². The Morgan fingerprint density at radius 2 is 2.18 bits per heavy atom. The predicted molar refractivity (Wildman–Crippen MR) is 65.5 cm³/mol. The van der Waals surface area contributed by atoms with Crippen molar-refractivity contribution in [3.05, 3.63) is 47.7 Å². The van der Waals surface area contributed by atoms with Crippen LogP contribution in [0.5, 0.6) is 0 Å². The maximum absolute atomic E-state index is 9.28. The number of hydrogen-bond acceptors (Lipinski definition) is 2. The van der Waals surface area contributed by atoms with E-state index < -0.39 is 0 Å². The largest absolute Gasteiger partial charge is 0.463 e. The minimum atomic E-state index is 0.638. The standard InChI is InChI=1S/C14H10N2O/c1-9-4-5-12-10(7-9)11(8-15)14(16-12)13-3-2-6-17-13/h2-7,16H,1H3. The molecule has 1 aromatic carbocycles. The van der Waals surface area contributed by atoms with Gasteiger partial charge in [0.1, 0.15) is 11.8 Å². The van der Waals surface area contributed by atoms with Crippen LogP contribution in [-0.4, -0.2) is 4.98 Å². The average molecular weight is 222 g/mol. The van der Waals surface area contributed by atoms with E-state index in [4.69, 9.17) is 4.42 Å². The molecule has 17 heavy (non-hydrogen) atoms. The molecule has 0 aliphatic heterocycles. The maximum Gasteiger partial charge on any atom is 0.151 e. The Morgan fingerprint density at radius 3 is 2.88 bits per heavy atom. The van der Waals surface area contributed by atoms with Crippen molar-refractivity contribution in [2.45, 2.75) is 6.92 Å². The minimum Gasteiger partial charge on any atom is -0.463 e. The Balaban J connectivity index is 2.37. The molecule has 0 aliphatic carbocycles. The van der Waals surface area contributed by atoms with Crippen LogP contribution in [0.25, 0.3) is 22.4 Å². The summed E-state index contributed by atoms with van der Waals surface area (Å²) >= 11 is 0. The zero-order valence-electron chi connectivity index (χ0n) is 9.32. The summed E-state index contributed by atoms with van der Waals surface area (Å²) in [5, 5.41) is 10.2. The van der Waals surface area contributed by atoms with Gasteiger partial charge in [-0.3, -0.25) is 0 Å². The van der Waals surface area contributed by atoms with E-state index in [1.807, 2.05) is 37.3 Å². The molecule has 1 N–H and O–H groups in total. The van der Waals surface area contributed by atoms with Gasteiger partial charge in [0.25, 0.3) is 0 Å². The van der Waals surface area contributed by atoms with E-state index >= 15 is 0 Å². The molecular formula is C14H10N2O. The Hall–Kier alpha value is -2.47. The third-order valence-corrected chi connectivity index (χ3v) is 2.83. The number of aromatic nitrogens is 1. The molecule has 0 amide bonds. The number of furan rings is 1. The highest BCUT2D eigenvalue weighted by Crippen LogP contribution is 2.30. The van der Waals surface area contributed by atoms with Crippen LogP contribution in [-0.2, 0) is 0 Å². The van der Waals surface area contributed by atoms with E-state index in [9.17, 15) is 5.26 Å². The van der Waals surface area contributed by atoms with E-state index in [-0.39, 0.29) is 0 Å². The van der Waals surface area contributed by atoms with Crippen LogP contribution in [0.3, 0.4) is 0 Å². The fourth-order valence-electron chi connectivity index (χ4n) is 2.03. The van der Waals surface area contributed by atoms with Gasteiger partial charge in [0.2, 0.25) is 0 Å². The number of aromatic amines is 1. The molecule has 0 saturated carbocycles. The Bertz CT molecular complexity index is 715. The molecule has 0 atom stereocenters. The van der Waals surface area contributed by atoms with Crippen molar-refractivity contribution in [1.82, 2.24) is 4.98 Å². The number of fused-ring (bicyclic) bond motifs is 1. The zero-order valence-corrected chi connectivity index (χ0v) is 9.32. The third kappa shape index (κ3) is 1.42. The number of hydrogen-bond donors (Lipinski definition) is 1. The lowest BCUT2D eigenvalue weighted by Gasteiger charge is -1.92. The van der Waals surface area contributed by atoms with Gasteiger partial charge in [0.15, 0.2) is 5.76 Å². The van der Waals surface area contributed by atoms with Crippen LogP contribution in [0.1, 0.15) is 11.1 Å². The summed E-state index contributed by atoms with van der Waals surface area (Å²) < 4.78 is 5.34. The van der Waals surface area contributed by atoms with Crippen LogP contribution >= 0.6 is 0 Å². The van der Waals surface area contributed by atoms with Crippen LogP contribution in [0.15, 0.2) is 41.0 Å². The Morgan fingerprint density at radius 1 is 1.29 bits per heavy atom. The minimum absolute atomic E-state index is 0.638. The van der Waals surface area contributed by atoms with Gasteiger partial charge in [0.05, 0.1) is 11.8 Å². The van der Waals surface area contributed by atoms with Crippen molar-refractivity contribution in [2.24, 2.45) is 0 Å². The molecule has 0 bridgehead atoms.